The van der Waals surface area contributed by atoms with Crippen LogP contribution in [0.2, 0.25) is 0 Å². The van der Waals surface area contributed by atoms with Crippen LogP contribution < -0.4 is 10.6 Å². The number of hydrogen-bond acceptors (Lipinski definition) is 1. The minimum atomic E-state index is -0.247. The summed E-state index contributed by atoms with van der Waals surface area (Å²) in [7, 11) is 3.48. The van der Waals surface area contributed by atoms with Crippen molar-refractivity contribution in [1.82, 2.24) is 10.6 Å². The maximum absolute atomic E-state index is 12.8. The predicted octanol–water partition coefficient (Wildman–Crippen LogP) is 2.50. The van der Waals surface area contributed by atoms with Gasteiger partial charge in [0.25, 0.3) is 0 Å². The van der Waals surface area contributed by atoms with Crippen molar-refractivity contribution in [2.45, 2.75) is 6.54 Å². The van der Waals surface area contributed by atoms with Crippen molar-refractivity contribution >= 4 is 45.9 Å². The van der Waals surface area contributed by atoms with Crippen molar-refractivity contribution in [3.63, 3.8) is 0 Å². The van der Waals surface area contributed by atoms with Crippen molar-refractivity contribution in [3.05, 3.63) is 34.1 Å². The zero-order chi connectivity index (χ0) is 11.3. The lowest BCUT2D eigenvalue weighted by atomic mass is 10.2. The van der Waals surface area contributed by atoms with Gasteiger partial charge in [-0.25, -0.2) is 4.39 Å². The lowest BCUT2D eigenvalue weighted by Gasteiger charge is -2.09. The van der Waals surface area contributed by atoms with Crippen LogP contribution in [-0.2, 0) is 6.54 Å². The summed E-state index contributed by atoms with van der Waals surface area (Å²) in [6, 6.07) is 4.61. The number of guanidine groups is 1. The first-order chi connectivity index (χ1) is 7.17. The van der Waals surface area contributed by atoms with Gasteiger partial charge >= 0.3 is 0 Å². The molecule has 2 N–H and O–H groups in total. The molecule has 0 saturated heterocycles. The van der Waals surface area contributed by atoms with E-state index in [4.69, 9.17) is 0 Å². The zero-order valence-corrected chi connectivity index (χ0v) is 13.0. The number of rotatable bonds is 2. The molecule has 0 heterocycles. The van der Waals surface area contributed by atoms with E-state index in [-0.39, 0.29) is 29.8 Å². The second-order valence-electron chi connectivity index (χ2n) is 2.91. The number of halogens is 3. The van der Waals surface area contributed by atoms with Gasteiger partial charge < -0.3 is 10.6 Å². The van der Waals surface area contributed by atoms with Crippen molar-refractivity contribution < 1.29 is 4.39 Å². The Morgan fingerprint density at radius 1 is 1.50 bits per heavy atom. The molecule has 6 heteroatoms. The summed E-state index contributed by atoms with van der Waals surface area (Å²) >= 11 is 3.30. The summed E-state index contributed by atoms with van der Waals surface area (Å²) < 4.78 is 13.5. The monoisotopic (exact) mass is 401 g/mol. The average Bonchev–Trinajstić information content (AvgIpc) is 2.22. The van der Waals surface area contributed by atoms with E-state index in [9.17, 15) is 4.39 Å². The van der Waals surface area contributed by atoms with Gasteiger partial charge in [0.2, 0.25) is 0 Å². The Hall–Kier alpha value is -0.370. The van der Waals surface area contributed by atoms with Crippen LogP contribution in [0.15, 0.2) is 27.7 Å². The average molecular weight is 402 g/mol. The standard InChI is InChI=1S/C10H13BrFN3.HI/c1-13-10(14-2)15-6-7-3-4-8(12)5-9(7)11;/h3-5H,6H2,1-2H3,(H2,13,14,15);1H. The quantitative estimate of drug-likeness (QED) is 0.454. The Morgan fingerprint density at radius 2 is 2.19 bits per heavy atom. The van der Waals surface area contributed by atoms with E-state index < -0.39 is 0 Å². The highest BCUT2D eigenvalue weighted by atomic mass is 127. The molecule has 0 atom stereocenters. The second kappa shape index (κ2) is 7.83. The SMILES string of the molecule is CN=C(NC)NCc1ccc(F)cc1Br.I. The fraction of sp³-hybridized carbons (Fsp3) is 0.300. The number of aliphatic imine (C=N–C) groups is 1. The molecule has 0 spiro atoms. The summed E-state index contributed by atoms with van der Waals surface area (Å²) in [6.45, 7) is 0.592. The third-order valence-corrected chi connectivity index (χ3v) is 2.66. The van der Waals surface area contributed by atoms with E-state index in [2.05, 4.69) is 31.6 Å². The fourth-order valence-electron chi connectivity index (χ4n) is 1.12. The molecule has 0 fully saturated rings. The first-order valence-electron chi connectivity index (χ1n) is 4.49. The third kappa shape index (κ3) is 4.65. The van der Waals surface area contributed by atoms with Gasteiger partial charge in [0, 0.05) is 25.1 Å². The minimum absolute atomic E-state index is 0. The Morgan fingerprint density at radius 3 is 2.69 bits per heavy atom. The Balaban J connectivity index is 0.00000225. The van der Waals surface area contributed by atoms with Crippen molar-refractivity contribution in [1.29, 1.82) is 0 Å². The third-order valence-electron chi connectivity index (χ3n) is 1.92. The maximum atomic E-state index is 12.8. The molecule has 1 aromatic rings. The highest BCUT2D eigenvalue weighted by Gasteiger charge is 2.01. The largest absolute Gasteiger partial charge is 0.359 e. The molecule has 3 nitrogen and oxygen atoms in total. The molecule has 0 aromatic heterocycles. The van der Waals surface area contributed by atoms with Crippen LogP contribution in [0.25, 0.3) is 0 Å². The van der Waals surface area contributed by atoms with Gasteiger partial charge in [0.1, 0.15) is 5.82 Å². The molecule has 0 saturated carbocycles. The van der Waals surface area contributed by atoms with Gasteiger partial charge in [-0.3, -0.25) is 4.99 Å². The van der Waals surface area contributed by atoms with E-state index in [1.807, 2.05) is 0 Å². The van der Waals surface area contributed by atoms with Crippen LogP contribution in [0.5, 0.6) is 0 Å². The van der Waals surface area contributed by atoms with Gasteiger partial charge in [-0.15, -0.1) is 24.0 Å². The van der Waals surface area contributed by atoms with Gasteiger partial charge in [-0.1, -0.05) is 22.0 Å². The maximum Gasteiger partial charge on any atom is 0.190 e. The highest BCUT2D eigenvalue weighted by Crippen LogP contribution is 2.17. The normalized spacial score (nSPS) is 10.6. The topological polar surface area (TPSA) is 36.4 Å². The van der Waals surface area contributed by atoms with Gasteiger partial charge in [-0.05, 0) is 17.7 Å². The first kappa shape index (κ1) is 15.6. The van der Waals surface area contributed by atoms with Crippen LogP contribution >= 0.6 is 39.9 Å². The number of benzene rings is 1. The van der Waals surface area contributed by atoms with Gasteiger partial charge in [0.05, 0.1) is 0 Å². The summed E-state index contributed by atoms with van der Waals surface area (Å²) in [4.78, 5) is 3.97. The molecule has 0 amide bonds. The Bertz CT molecular complexity index is 371. The zero-order valence-electron chi connectivity index (χ0n) is 9.05. The van der Waals surface area contributed by atoms with Crippen LogP contribution in [0, 0.1) is 5.82 Å². The van der Waals surface area contributed by atoms with Crippen LogP contribution in [-0.4, -0.2) is 20.1 Å². The smallest absolute Gasteiger partial charge is 0.190 e. The molecule has 0 aliphatic heterocycles. The molecular formula is C10H14BrFIN3. The number of nitrogens with zero attached hydrogens (tertiary/aromatic N) is 1. The van der Waals surface area contributed by atoms with Crippen molar-refractivity contribution in [2.75, 3.05) is 14.1 Å². The van der Waals surface area contributed by atoms with E-state index in [1.54, 1.807) is 20.2 Å². The predicted molar refractivity (Wildman–Crippen MR) is 78.8 cm³/mol. The van der Waals surface area contributed by atoms with Crippen molar-refractivity contribution in [2.24, 2.45) is 4.99 Å². The van der Waals surface area contributed by atoms with Crippen LogP contribution in [0.4, 0.5) is 4.39 Å². The summed E-state index contributed by atoms with van der Waals surface area (Å²) in [5, 5.41) is 5.98. The minimum Gasteiger partial charge on any atom is -0.359 e. The lowest BCUT2D eigenvalue weighted by molar-refractivity contribution is 0.625. The highest BCUT2D eigenvalue weighted by molar-refractivity contribution is 14.0. The second-order valence-corrected chi connectivity index (χ2v) is 3.77. The molecule has 16 heavy (non-hydrogen) atoms. The Labute approximate surface area is 120 Å². The number of nitrogens with one attached hydrogen (secondary N) is 2. The molecule has 1 rings (SSSR count). The van der Waals surface area contributed by atoms with Crippen molar-refractivity contribution in [3.8, 4) is 0 Å². The summed E-state index contributed by atoms with van der Waals surface area (Å²) in [5.41, 5.74) is 0.979. The molecule has 0 aliphatic rings. The van der Waals surface area contributed by atoms with Gasteiger partial charge in [-0.2, -0.15) is 0 Å². The summed E-state index contributed by atoms with van der Waals surface area (Å²) in [5.74, 6) is 0.454. The van der Waals surface area contributed by atoms with E-state index in [1.165, 1.54) is 12.1 Å². The molecular weight excluding hydrogens is 388 g/mol. The lowest BCUT2D eigenvalue weighted by Crippen LogP contribution is -2.34. The molecule has 0 bridgehead atoms. The first-order valence-corrected chi connectivity index (χ1v) is 5.29. The molecule has 0 unspecified atom stereocenters. The van der Waals surface area contributed by atoms with E-state index >= 15 is 0 Å². The van der Waals surface area contributed by atoms with Crippen LogP contribution in [0.3, 0.4) is 0 Å². The number of hydrogen-bond donors (Lipinski definition) is 2. The molecule has 1 aromatic carbocycles. The van der Waals surface area contributed by atoms with E-state index in [0.717, 1.165) is 10.0 Å². The fourth-order valence-corrected chi connectivity index (χ4v) is 1.61. The summed E-state index contributed by atoms with van der Waals surface area (Å²) in [6.07, 6.45) is 0. The molecule has 0 aliphatic carbocycles. The Kier molecular flexibility index (Phi) is 7.65. The molecule has 0 radical (unpaired) electrons. The molecule has 90 valence electrons. The van der Waals surface area contributed by atoms with Crippen LogP contribution in [0.1, 0.15) is 5.56 Å². The van der Waals surface area contributed by atoms with E-state index in [0.29, 0.717) is 12.5 Å². The van der Waals surface area contributed by atoms with Gasteiger partial charge in [0.15, 0.2) is 5.96 Å².